The molecule has 1 atom stereocenters. The van der Waals surface area contributed by atoms with E-state index in [9.17, 15) is 0 Å². The molecular weight excluding hydrogens is 246 g/mol. The Kier molecular flexibility index (Phi) is 5.19. The third kappa shape index (κ3) is 3.40. The molecule has 0 amide bonds. The Bertz CT molecular complexity index is 551. The van der Waals surface area contributed by atoms with E-state index in [1.807, 2.05) is 19.2 Å². The van der Waals surface area contributed by atoms with Gasteiger partial charge >= 0.3 is 0 Å². The molecule has 106 valence electrons. The van der Waals surface area contributed by atoms with Crippen molar-refractivity contribution in [3.8, 4) is 5.75 Å². The van der Waals surface area contributed by atoms with Crippen molar-refractivity contribution in [2.24, 2.45) is 0 Å². The molecule has 0 saturated heterocycles. The number of hydrogen-bond donors (Lipinski definition) is 1. The monoisotopic (exact) mass is 269 g/mol. The zero-order chi connectivity index (χ0) is 14.4. The first-order valence-corrected chi connectivity index (χ1v) is 7.16. The van der Waals surface area contributed by atoms with E-state index in [2.05, 4.69) is 48.6 Å². The molecule has 0 aliphatic rings. The summed E-state index contributed by atoms with van der Waals surface area (Å²) in [4.78, 5) is 0. The number of hydrogen-bond acceptors (Lipinski definition) is 2. The first-order chi connectivity index (χ1) is 9.78. The van der Waals surface area contributed by atoms with Gasteiger partial charge in [-0.15, -0.1) is 0 Å². The summed E-state index contributed by atoms with van der Waals surface area (Å²) in [5.74, 6) is 0.918. The Morgan fingerprint density at radius 3 is 2.60 bits per heavy atom. The fourth-order valence-corrected chi connectivity index (χ4v) is 2.60. The van der Waals surface area contributed by atoms with E-state index in [0.717, 1.165) is 18.6 Å². The molecule has 0 heterocycles. The van der Waals surface area contributed by atoms with Gasteiger partial charge in [0, 0.05) is 6.04 Å². The molecule has 1 N–H and O–H groups in total. The van der Waals surface area contributed by atoms with Gasteiger partial charge < -0.3 is 10.1 Å². The van der Waals surface area contributed by atoms with Crippen LogP contribution in [0.1, 0.15) is 29.7 Å². The fourth-order valence-electron chi connectivity index (χ4n) is 2.60. The summed E-state index contributed by atoms with van der Waals surface area (Å²) >= 11 is 0. The Balaban J connectivity index is 2.24. The number of ether oxygens (including phenoxy) is 1. The molecular formula is C18H23NO. The van der Waals surface area contributed by atoms with E-state index in [4.69, 9.17) is 4.74 Å². The van der Waals surface area contributed by atoms with Gasteiger partial charge in [-0.3, -0.25) is 0 Å². The molecule has 0 aliphatic heterocycles. The van der Waals surface area contributed by atoms with Crippen LogP contribution in [0.2, 0.25) is 0 Å². The minimum Gasteiger partial charge on any atom is -0.497 e. The molecule has 1 unspecified atom stereocenters. The lowest BCUT2D eigenvalue weighted by Gasteiger charge is -2.20. The summed E-state index contributed by atoms with van der Waals surface area (Å²) in [7, 11) is 3.73. The highest BCUT2D eigenvalue weighted by atomic mass is 16.5. The van der Waals surface area contributed by atoms with Crippen LogP contribution in [0.15, 0.2) is 48.5 Å². The van der Waals surface area contributed by atoms with E-state index in [-0.39, 0.29) is 0 Å². The van der Waals surface area contributed by atoms with Crippen molar-refractivity contribution in [2.45, 2.75) is 25.8 Å². The summed E-state index contributed by atoms with van der Waals surface area (Å²) in [5, 5.41) is 3.44. The maximum Gasteiger partial charge on any atom is 0.119 e. The second kappa shape index (κ2) is 7.11. The molecule has 0 spiro atoms. The molecule has 2 heteroatoms. The number of rotatable bonds is 6. The summed E-state index contributed by atoms with van der Waals surface area (Å²) in [6.07, 6.45) is 2.02. The van der Waals surface area contributed by atoms with Crippen LogP contribution in [0.3, 0.4) is 0 Å². The van der Waals surface area contributed by atoms with Crippen molar-refractivity contribution in [1.29, 1.82) is 0 Å². The molecule has 0 radical (unpaired) electrons. The number of benzene rings is 2. The van der Waals surface area contributed by atoms with Crippen molar-refractivity contribution in [1.82, 2.24) is 5.32 Å². The third-order valence-corrected chi connectivity index (χ3v) is 3.73. The van der Waals surface area contributed by atoms with Crippen LogP contribution in [-0.2, 0) is 12.8 Å². The van der Waals surface area contributed by atoms with E-state index in [1.54, 1.807) is 7.11 Å². The van der Waals surface area contributed by atoms with Crippen molar-refractivity contribution in [2.75, 3.05) is 14.2 Å². The van der Waals surface area contributed by atoms with Gasteiger partial charge in [-0.1, -0.05) is 43.3 Å². The lowest BCUT2D eigenvalue weighted by molar-refractivity contribution is 0.414. The Morgan fingerprint density at radius 1 is 1.10 bits per heavy atom. The number of methoxy groups -OCH3 is 1. The fraction of sp³-hybridized carbons (Fsp3) is 0.333. The largest absolute Gasteiger partial charge is 0.497 e. The number of nitrogens with one attached hydrogen (secondary N) is 1. The van der Waals surface area contributed by atoms with E-state index < -0.39 is 0 Å². The Morgan fingerprint density at radius 2 is 1.90 bits per heavy atom. The Labute approximate surface area is 121 Å². The summed E-state index contributed by atoms with van der Waals surface area (Å²) in [5.41, 5.74) is 4.09. The standard InChI is InChI=1S/C18H23NO/c1-4-15-9-5-6-11-17(15)18(19-2)13-14-8-7-10-16(12-14)20-3/h5-12,18-19H,4,13H2,1-3H3. The minimum atomic E-state index is 0.332. The average molecular weight is 269 g/mol. The van der Waals surface area contributed by atoms with Crippen LogP contribution in [0.25, 0.3) is 0 Å². The molecule has 2 rings (SSSR count). The zero-order valence-corrected chi connectivity index (χ0v) is 12.5. The lowest BCUT2D eigenvalue weighted by Crippen LogP contribution is -2.20. The second-order valence-electron chi connectivity index (χ2n) is 4.95. The molecule has 20 heavy (non-hydrogen) atoms. The van der Waals surface area contributed by atoms with Crippen LogP contribution in [-0.4, -0.2) is 14.2 Å². The van der Waals surface area contributed by atoms with E-state index >= 15 is 0 Å². The quantitative estimate of drug-likeness (QED) is 0.862. The molecule has 2 aromatic rings. The molecule has 0 aliphatic carbocycles. The zero-order valence-electron chi connectivity index (χ0n) is 12.5. The smallest absolute Gasteiger partial charge is 0.119 e. The van der Waals surface area contributed by atoms with Crippen LogP contribution in [0, 0.1) is 0 Å². The van der Waals surface area contributed by atoms with Gasteiger partial charge in [0.2, 0.25) is 0 Å². The first kappa shape index (κ1) is 14.6. The van der Waals surface area contributed by atoms with Gasteiger partial charge in [0.25, 0.3) is 0 Å². The van der Waals surface area contributed by atoms with Crippen molar-refractivity contribution < 1.29 is 4.74 Å². The summed E-state index contributed by atoms with van der Waals surface area (Å²) < 4.78 is 5.30. The van der Waals surface area contributed by atoms with Gasteiger partial charge in [-0.25, -0.2) is 0 Å². The SMILES string of the molecule is CCc1ccccc1C(Cc1cccc(OC)c1)NC. The molecule has 2 aromatic carbocycles. The average Bonchev–Trinajstić information content (AvgIpc) is 2.52. The highest BCUT2D eigenvalue weighted by Gasteiger charge is 2.13. The summed E-state index contributed by atoms with van der Waals surface area (Å²) in [6, 6.07) is 17.3. The van der Waals surface area contributed by atoms with Crippen LogP contribution in [0.5, 0.6) is 5.75 Å². The van der Waals surface area contributed by atoms with E-state index in [1.165, 1.54) is 16.7 Å². The number of aryl methyl sites for hydroxylation is 1. The molecule has 0 bridgehead atoms. The van der Waals surface area contributed by atoms with Crippen LogP contribution in [0.4, 0.5) is 0 Å². The predicted octanol–water partition coefficient (Wildman–Crippen LogP) is 3.76. The van der Waals surface area contributed by atoms with Crippen molar-refractivity contribution in [3.05, 3.63) is 65.2 Å². The highest BCUT2D eigenvalue weighted by Crippen LogP contribution is 2.24. The van der Waals surface area contributed by atoms with Crippen LogP contribution >= 0.6 is 0 Å². The Hall–Kier alpha value is -1.80. The van der Waals surface area contributed by atoms with Gasteiger partial charge in [-0.2, -0.15) is 0 Å². The van der Waals surface area contributed by atoms with Gasteiger partial charge in [0.1, 0.15) is 5.75 Å². The molecule has 0 saturated carbocycles. The maximum atomic E-state index is 5.30. The van der Waals surface area contributed by atoms with Gasteiger partial charge in [-0.05, 0) is 48.7 Å². The van der Waals surface area contributed by atoms with Crippen LogP contribution < -0.4 is 10.1 Å². The highest BCUT2D eigenvalue weighted by molar-refractivity contribution is 5.34. The van der Waals surface area contributed by atoms with E-state index in [0.29, 0.717) is 6.04 Å². The van der Waals surface area contributed by atoms with Gasteiger partial charge in [0.15, 0.2) is 0 Å². The molecule has 0 fully saturated rings. The normalized spacial score (nSPS) is 12.2. The minimum absolute atomic E-state index is 0.332. The lowest BCUT2D eigenvalue weighted by atomic mass is 9.94. The molecule has 2 nitrogen and oxygen atoms in total. The van der Waals surface area contributed by atoms with Crippen molar-refractivity contribution in [3.63, 3.8) is 0 Å². The number of likely N-dealkylation sites (N-methyl/N-ethyl adjacent to an activating group) is 1. The maximum absolute atomic E-state index is 5.30. The molecule has 0 aromatic heterocycles. The first-order valence-electron chi connectivity index (χ1n) is 7.16. The van der Waals surface area contributed by atoms with Crippen molar-refractivity contribution >= 4 is 0 Å². The topological polar surface area (TPSA) is 21.3 Å². The third-order valence-electron chi connectivity index (χ3n) is 3.73. The predicted molar refractivity (Wildman–Crippen MR) is 84.3 cm³/mol. The van der Waals surface area contributed by atoms with Gasteiger partial charge in [0.05, 0.1) is 7.11 Å². The summed E-state index contributed by atoms with van der Waals surface area (Å²) in [6.45, 7) is 2.21. The second-order valence-corrected chi connectivity index (χ2v) is 4.95.